The topological polar surface area (TPSA) is 98.6 Å². The van der Waals surface area contributed by atoms with Crippen molar-refractivity contribution < 1.29 is 19.1 Å². The smallest absolute Gasteiger partial charge is 0.273 e. The second-order valence-electron chi connectivity index (χ2n) is 8.83. The molecule has 1 unspecified atom stereocenters. The van der Waals surface area contributed by atoms with E-state index in [1.54, 1.807) is 10.9 Å². The van der Waals surface area contributed by atoms with E-state index in [1.807, 2.05) is 23.1 Å². The second kappa shape index (κ2) is 9.18. The lowest BCUT2D eigenvalue weighted by molar-refractivity contribution is -0.135. The van der Waals surface area contributed by atoms with Gasteiger partial charge in [0.05, 0.1) is 6.20 Å². The van der Waals surface area contributed by atoms with Gasteiger partial charge in [0.15, 0.2) is 17.2 Å². The monoisotopic (exact) mass is 439 g/mol. The van der Waals surface area contributed by atoms with Crippen LogP contribution in [0, 0.1) is 0 Å². The summed E-state index contributed by atoms with van der Waals surface area (Å²) < 4.78 is 12.5. The number of nitrogens with one attached hydrogen (secondary N) is 1. The Morgan fingerprint density at radius 2 is 2.00 bits per heavy atom. The number of rotatable bonds is 8. The van der Waals surface area contributed by atoms with Gasteiger partial charge in [0.2, 0.25) is 12.7 Å². The SMILES string of the molecule is O=C(NC1CC1)c1cn(CCC2CCCCN2C(=O)CCc2ccc3c(c2)OCO3)nn1. The summed E-state index contributed by atoms with van der Waals surface area (Å²) in [7, 11) is 0. The Balaban J connectivity index is 1.13. The van der Waals surface area contributed by atoms with Gasteiger partial charge in [0.1, 0.15) is 0 Å². The number of aromatic nitrogens is 3. The van der Waals surface area contributed by atoms with Crippen LogP contribution in [-0.2, 0) is 17.8 Å². The number of benzene rings is 1. The highest BCUT2D eigenvalue weighted by Gasteiger charge is 2.27. The Bertz CT molecular complexity index is 987. The zero-order valence-corrected chi connectivity index (χ0v) is 18.2. The van der Waals surface area contributed by atoms with Crippen LogP contribution in [0.15, 0.2) is 24.4 Å². The Kier molecular flexibility index (Phi) is 5.96. The van der Waals surface area contributed by atoms with Crippen LogP contribution in [0.4, 0.5) is 0 Å². The van der Waals surface area contributed by atoms with Crippen LogP contribution >= 0.6 is 0 Å². The number of carbonyl (C=O) groups is 2. The Morgan fingerprint density at radius 3 is 2.88 bits per heavy atom. The first kappa shape index (κ1) is 20.8. The molecule has 1 saturated heterocycles. The zero-order valence-electron chi connectivity index (χ0n) is 18.2. The summed E-state index contributed by atoms with van der Waals surface area (Å²) >= 11 is 0. The van der Waals surface area contributed by atoms with Crippen molar-refractivity contribution in [1.82, 2.24) is 25.2 Å². The van der Waals surface area contributed by atoms with E-state index in [9.17, 15) is 9.59 Å². The van der Waals surface area contributed by atoms with Crippen LogP contribution in [0.2, 0.25) is 0 Å². The van der Waals surface area contributed by atoms with Gasteiger partial charge >= 0.3 is 0 Å². The van der Waals surface area contributed by atoms with E-state index in [0.29, 0.717) is 31.1 Å². The highest BCUT2D eigenvalue weighted by atomic mass is 16.7. The maximum absolute atomic E-state index is 13.0. The predicted molar refractivity (Wildman–Crippen MR) is 115 cm³/mol. The van der Waals surface area contributed by atoms with Crippen molar-refractivity contribution in [2.45, 2.75) is 70.0 Å². The van der Waals surface area contributed by atoms with Crippen LogP contribution in [0.25, 0.3) is 0 Å². The molecule has 0 radical (unpaired) electrons. The summed E-state index contributed by atoms with van der Waals surface area (Å²) in [6.07, 6.45) is 8.92. The zero-order chi connectivity index (χ0) is 21.9. The molecule has 1 saturated carbocycles. The van der Waals surface area contributed by atoms with Gasteiger partial charge in [-0.15, -0.1) is 5.10 Å². The minimum absolute atomic E-state index is 0.156. The molecular formula is C23H29N5O4. The maximum Gasteiger partial charge on any atom is 0.273 e. The van der Waals surface area contributed by atoms with Crippen molar-refractivity contribution in [2.75, 3.05) is 13.3 Å². The third-order valence-corrected chi connectivity index (χ3v) is 6.39. The highest BCUT2D eigenvalue weighted by molar-refractivity contribution is 5.92. The summed E-state index contributed by atoms with van der Waals surface area (Å²) in [5, 5.41) is 11.0. The molecule has 1 aromatic heterocycles. The predicted octanol–water partition coefficient (Wildman–Crippen LogP) is 2.30. The number of amides is 2. The van der Waals surface area contributed by atoms with E-state index in [1.165, 1.54) is 0 Å². The van der Waals surface area contributed by atoms with Crippen LogP contribution in [0.1, 0.15) is 61.0 Å². The fourth-order valence-corrected chi connectivity index (χ4v) is 4.40. The van der Waals surface area contributed by atoms with E-state index in [-0.39, 0.29) is 24.6 Å². The third-order valence-electron chi connectivity index (χ3n) is 6.39. The molecule has 1 aliphatic carbocycles. The van der Waals surface area contributed by atoms with Crippen molar-refractivity contribution in [1.29, 1.82) is 0 Å². The third kappa shape index (κ3) is 4.87. The Hall–Kier alpha value is -3.10. The van der Waals surface area contributed by atoms with Gasteiger partial charge in [-0.1, -0.05) is 11.3 Å². The average Bonchev–Trinajstić information content (AvgIpc) is 3.30. The Morgan fingerprint density at radius 1 is 1.12 bits per heavy atom. The fourth-order valence-electron chi connectivity index (χ4n) is 4.40. The molecule has 170 valence electrons. The first-order valence-corrected chi connectivity index (χ1v) is 11.5. The number of aryl methyl sites for hydroxylation is 2. The van der Waals surface area contributed by atoms with Crippen molar-refractivity contribution in [2.24, 2.45) is 0 Å². The molecule has 5 rings (SSSR count). The molecule has 2 aromatic rings. The molecule has 32 heavy (non-hydrogen) atoms. The van der Waals surface area contributed by atoms with Gasteiger partial charge in [-0.2, -0.15) is 0 Å². The maximum atomic E-state index is 13.0. The van der Waals surface area contributed by atoms with Gasteiger partial charge < -0.3 is 19.7 Å². The van der Waals surface area contributed by atoms with Crippen LogP contribution < -0.4 is 14.8 Å². The number of nitrogens with zero attached hydrogens (tertiary/aromatic N) is 4. The standard InChI is InChI=1S/C23H29N5O4/c29-22(9-5-16-4-8-20-21(13-16)32-15-31-20)28-11-2-1-3-18(28)10-12-27-14-19(25-26-27)23(30)24-17-6-7-17/h4,8,13-14,17-18H,1-3,5-7,9-12,15H2,(H,24,30). The lowest BCUT2D eigenvalue weighted by atomic mass is 9.98. The van der Waals surface area contributed by atoms with Gasteiger partial charge in [0.25, 0.3) is 5.91 Å². The van der Waals surface area contributed by atoms with Crippen molar-refractivity contribution in [3.8, 4) is 11.5 Å². The molecule has 2 fully saturated rings. The first-order valence-electron chi connectivity index (χ1n) is 11.5. The molecule has 2 aliphatic heterocycles. The summed E-state index contributed by atoms with van der Waals surface area (Å²) in [6.45, 7) is 1.70. The van der Waals surface area contributed by atoms with Crippen LogP contribution in [0.3, 0.4) is 0 Å². The summed E-state index contributed by atoms with van der Waals surface area (Å²) in [6, 6.07) is 6.36. The lowest BCUT2D eigenvalue weighted by Crippen LogP contribution is -2.44. The Labute approximate surface area is 187 Å². The van der Waals surface area contributed by atoms with Crippen LogP contribution in [-0.4, -0.2) is 57.1 Å². The summed E-state index contributed by atoms with van der Waals surface area (Å²) in [5.74, 6) is 1.55. The molecule has 9 heteroatoms. The molecule has 3 heterocycles. The van der Waals surface area contributed by atoms with Crippen molar-refractivity contribution in [3.05, 3.63) is 35.7 Å². The quantitative estimate of drug-likeness (QED) is 0.678. The van der Waals surface area contributed by atoms with Gasteiger partial charge in [0, 0.05) is 31.6 Å². The number of fused-ring (bicyclic) bond motifs is 1. The van der Waals surface area contributed by atoms with E-state index < -0.39 is 0 Å². The molecule has 0 spiro atoms. The fraction of sp³-hybridized carbons (Fsp3) is 0.565. The average molecular weight is 440 g/mol. The number of piperidine rings is 1. The van der Waals surface area contributed by atoms with Crippen molar-refractivity contribution >= 4 is 11.8 Å². The lowest BCUT2D eigenvalue weighted by Gasteiger charge is -2.36. The molecule has 3 aliphatic rings. The van der Waals surface area contributed by atoms with Gasteiger partial charge in [-0.3, -0.25) is 14.3 Å². The van der Waals surface area contributed by atoms with E-state index >= 15 is 0 Å². The molecule has 0 bridgehead atoms. The normalized spacial score (nSPS) is 19.8. The van der Waals surface area contributed by atoms with E-state index in [2.05, 4.69) is 15.6 Å². The van der Waals surface area contributed by atoms with E-state index in [4.69, 9.17) is 9.47 Å². The number of carbonyl (C=O) groups excluding carboxylic acids is 2. The van der Waals surface area contributed by atoms with Crippen LogP contribution in [0.5, 0.6) is 11.5 Å². The number of likely N-dealkylation sites (tertiary alicyclic amines) is 1. The minimum atomic E-state index is -0.156. The first-order chi connectivity index (χ1) is 15.7. The van der Waals surface area contributed by atoms with Crippen molar-refractivity contribution in [3.63, 3.8) is 0 Å². The minimum Gasteiger partial charge on any atom is -0.454 e. The molecule has 1 aromatic carbocycles. The molecule has 2 amide bonds. The highest BCUT2D eigenvalue weighted by Crippen LogP contribution is 2.33. The van der Waals surface area contributed by atoms with E-state index in [0.717, 1.165) is 62.1 Å². The van der Waals surface area contributed by atoms with Gasteiger partial charge in [-0.05, 0) is 62.6 Å². The largest absolute Gasteiger partial charge is 0.454 e. The number of ether oxygens (including phenoxy) is 2. The molecule has 1 atom stereocenters. The van der Waals surface area contributed by atoms with Gasteiger partial charge in [-0.25, -0.2) is 0 Å². The molecule has 9 nitrogen and oxygen atoms in total. The summed E-state index contributed by atoms with van der Waals surface area (Å²) in [5.41, 5.74) is 1.44. The number of hydrogen-bond donors (Lipinski definition) is 1. The second-order valence-corrected chi connectivity index (χ2v) is 8.83. The molecule has 1 N–H and O–H groups in total. The molecular weight excluding hydrogens is 410 g/mol. The summed E-state index contributed by atoms with van der Waals surface area (Å²) in [4.78, 5) is 27.2. The number of hydrogen-bond acceptors (Lipinski definition) is 6.